The Hall–Kier alpha value is 0.459. The van der Waals surface area contributed by atoms with E-state index in [0.29, 0.717) is 0 Å². The summed E-state index contributed by atoms with van der Waals surface area (Å²) in [5, 5.41) is 0. The summed E-state index contributed by atoms with van der Waals surface area (Å²) < 4.78 is 13.1. The summed E-state index contributed by atoms with van der Waals surface area (Å²) >= 11 is -2.01. The SMILES string of the molecule is CCC[CH2][Sn](/[CH]=C/CCCN1CCOCC1)([CH2]CCC)[CH2]CCC. The average Bonchev–Trinajstić information content (AvgIpc) is 2.63. The van der Waals surface area contributed by atoms with Crippen LogP contribution in [0.1, 0.15) is 72.1 Å². The van der Waals surface area contributed by atoms with E-state index in [0.717, 1.165) is 26.3 Å². The van der Waals surface area contributed by atoms with Crippen LogP contribution in [0.2, 0.25) is 13.3 Å². The third kappa shape index (κ3) is 9.82. The molecule has 2 nitrogen and oxygen atoms in total. The summed E-state index contributed by atoms with van der Waals surface area (Å²) in [6.45, 7) is 12.5. The van der Waals surface area contributed by atoms with Gasteiger partial charge >= 0.3 is 156 Å². The summed E-state index contributed by atoms with van der Waals surface area (Å²) in [4.78, 5) is 2.57. The second-order valence-electron chi connectivity index (χ2n) is 7.67. The Bertz CT molecular complexity index is 291. The number of morpholine rings is 1. The molecule has 1 heterocycles. The molecule has 0 radical (unpaired) electrons. The standard InChI is InChI=1S/C9H16NO.3C4H9.Sn/c1-2-3-4-5-10-6-8-11-9-7-10;3*1-3-4-2;/h1-2H,3-9H2;3*1,3-4H2,2H3;. The Kier molecular flexibility index (Phi) is 13.7. The van der Waals surface area contributed by atoms with Gasteiger partial charge in [-0.2, -0.15) is 0 Å². The van der Waals surface area contributed by atoms with E-state index < -0.39 is 18.4 Å². The van der Waals surface area contributed by atoms with Crippen LogP contribution in [0.4, 0.5) is 0 Å². The van der Waals surface area contributed by atoms with Crippen molar-refractivity contribution < 1.29 is 4.74 Å². The van der Waals surface area contributed by atoms with Crippen LogP contribution in [-0.2, 0) is 4.74 Å². The van der Waals surface area contributed by atoms with E-state index in [1.54, 1.807) is 13.3 Å². The zero-order valence-electron chi connectivity index (χ0n) is 16.8. The molecule has 1 aliphatic heterocycles. The van der Waals surface area contributed by atoms with Gasteiger partial charge in [0.1, 0.15) is 0 Å². The van der Waals surface area contributed by atoms with Gasteiger partial charge in [0.05, 0.1) is 0 Å². The molecule has 24 heavy (non-hydrogen) atoms. The van der Waals surface area contributed by atoms with E-state index in [4.69, 9.17) is 4.74 Å². The fourth-order valence-corrected chi connectivity index (χ4v) is 18.3. The monoisotopic (exact) mass is 445 g/mol. The number of allylic oxidation sites excluding steroid dienone is 1. The number of nitrogens with zero attached hydrogens (tertiary/aromatic N) is 1. The van der Waals surface area contributed by atoms with Gasteiger partial charge in [-0.1, -0.05) is 0 Å². The summed E-state index contributed by atoms with van der Waals surface area (Å²) in [6.07, 6.45) is 13.8. The number of hydrogen-bond acceptors (Lipinski definition) is 2. The fraction of sp³-hybridized carbons (Fsp3) is 0.905. The van der Waals surface area contributed by atoms with Gasteiger partial charge in [-0.3, -0.25) is 0 Å². The topological polar surface area (TPSA) is 12.5 Å². The van der Waals surface area contributed by atoms with Crippen molar-refractivity contribution in [1.82, 2.24) is 4.90 Å². The van der Waals surface area contributed by atoms with Crippen molar-refractivity contribution in [3.63, 3.8) is 0 Å². The molecule has 0 unspecified atom stereocenters. The third-order valence-electron chi connectivity index (χ3n) is 5.50. The minimum atomic E-state index is -2.01. The van der Waals surface area contributed by atoms with Gasteiger partial charge in [0, 0.05) is 0 Å². The number of unbranched alkanes of at least 4 members (excludes halogenated alkanes) is 4. The van der Waals surface area contributed by atoms with Crippen LogP contribution >= 0.6 is 0 Å². The van der Waals surface area contributed by atoms with Crippen molar-refractivity contribution >= 4 is 18.4 Å². The van der Waals surface area contributed by atoms with Crippen LogP contribution in [0.5, 0.6) is 0 Å². The summed E-state index contributed by atoms with van der Waals surface area (Å²) in [7, 11) is 0. The molecule has 0 aromatic heterocycles. The van der Waals surface area contributed by atoms with E-state index >= 15 is 0 Å². The average molecular weight is 444 g/mol. The van der Waals surface area contributed by atoms with Crippen molar-refractivity contribution in [2.75, 3.05) is 32.8 Å². The quantitative estimate of drug-likeness (QED) is 0.239. The van der Waals surface area contributed by atoms with Crippen molar-refractivity contribution in [1.29, 1.82) is 0 Å². The molecule has 0 amide bonds. The molecule has 0 N–H and O–H groups in total. The molecule has 0 aromatic carbocycles. The molecule has 1 rings (SSSR count). The Morgan fingerprint density at radius 2 is 1.38 bits per heavy atom. The number of rotatable bonds is 14. The fourth-order valence-electron chi connectivity index (χ4n) is 3.80. The summed E-state index contributed by atoms with van der Waals surface area (Å²) in [5.74, 6) is 0. The van der Waals surface area contributed by atoms with E-state index in [9.17, 15) is 0 Å². The molecule has 0 saturated carbocycles. The molecule has 0 bridgehead atoms. The zero-order valence-corrected chi connectivity index (χ0v) is 19.7. The van der Waals surface area contributed by atoms with Crippen LogP contribution < -0.4 is 0 Å². The maximum atomic E-state index is 5.44. The molecular weight excluding hydrogens is 401 g/mol. The first-order valence-electron chi connectivity index (χ1n) is 10.7. The van der Waals surface area contributed by atoms with Gasteiger partial charge in [-0.15, -0.1) is 0 Å². The maximum absolute atomic E-state index is 5.44. The van der Waals surface area contributed by atoms with Crippen molar-refractivity contribution in [3.8, 4) is 0 Å². The van der Waals surface area contributed by atoms with Crippen LogP contribution in [0.25, 0.3) is 0 Å². The minimum absolute atomic E-state index is 0.931. The van der Waals surface area contributed by atoms with E-state index in [2.05, 4.69) is 35.8 Å². The third-order valence-corrected chi connectivity index (χ3v) is 19.7. The van der Waals surface area contributed by atoms with Gasteiger partial charge in [0.2, 0.25) is 0 Å². The predicted molar refractivity (Wildman–Crippen MR) is 111 cm³/mol. The molecular formula is C21H43NOSn. The Labute approximate surface area is 156 Å². The first kappa shape index (κ1) is 22.5. The number of ether oxygens (including phenoxy) is 1. The second kappa shape index (κ2) is 14.6. The molecule has 1 saturated heterocycles. The Morgan fingerprint density at radius 3 is 1.88 bits per heavy atom. The Morgan fingerprint density at radius 1 is 0.833 bits per heavy atom. The van der Waals surface area contributed by atoms with Gasteiger partial charge in [-0.25, -0.2) is 0 Å². The van der Waals surface area contributed by atoms with Gasteiger partial charge < -0.3 is 0 Å². The van der Waals surface area contributed by atoms with E-state index in [1.807, 2.05) is 0 Å². The first-order valence-corrected chi connectivity index (χ1v) is 18.4. The molecule has 0 aliphatic carbocycles. The molecule has 0 atom stereocenters. The van der Waals surface area contributed by atoms with Crippen LogP contribution in [0, 0.1) is 0 Å². The molecule has 0 aromatic rings. The normalized spacial score (nSPS) is 17.0. The van der Waals surface area contributed by atoms with Gasteiger partial charge in [0.25, 0.3) is 0 Å². The molecule has 142 valence electrons. The van der Waals surface area contributed by atoms with Crippen LogP contribution in [0.15, 0.2) is 10.2 Å². The van der Waals surface area contributed by atoms with Crippen molar-refractivity contribution in [3.05, 3.63) is 10.2 Å². The molecule has 1 aliphatic rings. The second-order valence-corrected chi connectivity index (χ2v) is 20.7. The molecule has 1 fully saturated rings. The predicted octanol–water partition coefficient (Wildman–Crippen LogP) is 6.04. The molecule has 3 heteroatoms. The van der Waals surface area contributed by atoms with E-state index in [-0.39, 0.29) is 0 Å². The van der Waals surface area contributed by atoms with Crippen molar-refractivity contribution in [2.24, 2.45) is 0 Å². The Balaban J connectivity index is 2.46. The molecule has 0 spiro atoms. The van der Waals surface area contributed by atoms with Gasteiger partial charge in [-0.05, 0) is 0 Å². The summed E-state index contributed by atoms with van der Waals surface area (Å²) in [5.41, 5.74) is 0. The zero-order chi connectivity index (χ0) is 17.5. The first-order chi connectivity index (χ1) is 11.8. The number of hydrogen-bond donors (Lipinski definition) is 0. The van der Waals surface area contributed by atoms with Crippen molar-refractivity contribution in [2.45, 2.75) is 85.4 Å². The van der Waals surface area contributed by atoms with Gasteiger partial charge in [0.15, 0.2) is 0 Å². The van der Waals surface area contributed by atoms with Crippen LogP contribution in [0.3, 0.4) is 0 Å². The summed E-state index contributed by atoms with van der Waals surface area (Å²) in [6, 6.07) is 0. The van der Waals surface area contributed by atoms with Crippen LogP contribution in [-0.4, -0.2) is 56.1 Å². The van der Waals surface area contributed by atoms with E-state index in [1.165, 1.54) is 57.9 Å².